The Morgan fingerprint density at radius 2 is 1.57 bits per heavy atom. The van der Waals surface area contributed by atoms with Crippen LogP contribution in [0.15, 0.2) is 36.4 Å². The van der Waals surface area contributed by atoms with Gasteiger partial charge in [0.2, 0.25) is 0 Å². The number of nitrogens with one attached hydrogen (secondary N) is 1. The van der Waals surface area contributed by atoms with Crippen molar-refractivity contribution >= 4 is 11.6 Å². The number of aromatic hydroxyl groups is 2. The van der Waals surface area contributed by atoms with Crippen molar-refractivity contribution in [3.05, 3.63) is 53.1 Å². The minimum absolute atomic E-state index is 0.0652. The molecule has 0 radical (unpaired) electrons. The van der Waals surface area contributed by atoms with E-state index in [1.165, 1.54) is 30.3 Å². The van der Waals surface area contributed by atoms with Gasteiger partial charge < -0.3 is 15.5 Å². The largest absolute Gasteiger partial charge is 0.508 e. The molecule has 0 saturated heterocycles. The Hall–Kier alpha value is -3.51. The topological polar surface area (TPSA) is 117 Å². The van der Waals surface area contributed by atoms with Gasteiger partial charge >= 0.3 is 0 Å². The van der Waals surface area contributed by atoms with E-state index in [9.17, 15) is 15.0 Å². The average Bonchev–Trinajstić information content (AvgIpc) is 2.46. The van der Waals surface area contributed by atoms with Crippen LogP contribution in [0.3, 0.4) is 0 Å². The maximum atomic E-state index is 12.0. The van der Waals surface area contributed by atoms with Gasteiger partial charge in [-0.05, 0) is 30.3 Å². The fourth-order valence-electron chi connectivity index (χ4n) is 1.74. The number of nitriles is 2. The highest BCUT2D eigenvalue weighted by Crippen LogP contribution is 2.22. The Morgan fingerprint density at radius 1 is 0.952 bits per heavy atom. The van der Waals surface area contributed by atoms with E-state index < -0.39 is 5.91 Å². The zero-order chi connectivity index (χ0) is 15.4. The summed E-state index contributed by atoms with van der Waals surface area (Å²) in [6, 6.07) is 11.5. The highest BCUT2D eigenvalue weighted by molar-refractivity contribution is 6.04. The highest BCUT2D eigenvalue weighted by atomic mass is 16.3. The molecule has 0 aliphatic heterocycles. The van der Waals surface area contributed by atoms with Gasteiger partial charge in [-0.1, -0.05) is 0 Å². The van der Waals surface area contributed by atoms with Crippen molar-refractivity contribution in [2.24, 2.45) is 0 Å². The molecule has 0 aliphatic rings. The minimum Gasteiger partial charge on any atom is -0.508 e. The third-order valence-corrected chi connectivity index (χ3v) is 2.68. The number of hydrogen-bond acceptors (Lipinski definition) is 5. The van der Waals surface area contributed by atoms with E-state index in [0.717, 1.165) is 6.07 Å². The molecule has 2 rings (SSSR count). The Balaban J connectivity index is 2.28. The van der Waals surface area contributed by atoms with Crippen LogP contribution >= 0.6 is 0 Å². The molecule has 0 spiro atoms. The third-order valence-electron chi connectivity index (χ3n) is 2.68. The number of amides is 1. The molecule has 0 aliphatic carbocycles. The predicted molar refractivity (Wildman–Crippen MR) is 73.6 cm³/mol. The molecule has 0 heterocycles. The van der Waals surface area contributed by atoms with Crippen LogP contribution in [0.1, 0.15) is 21.5 Å². The van der Waals surface area contributed by atoms with E-state index in [1.54, 1.807) is 0 Å². The molecule has 0 fully saturated rings. The van der Waals surface area contributed by atoms with Crippen molar-refractivity contribution in [2.75, 3.05) is 5.32 Å². The molecule has 0 atom stereocenters. The zero-order valence-electron chi connectivity index (χ0n) is 10.7. The van der Waals surface area contributed by atoms with Gasteiger partial charge in [-0.2, -0.15) is 10.5 Å². The monoisotopic (exact) mass is 279 g/mol. The maximum Gasteiger partial charge on any atom is 0.255 e. The molecule has 0 bridgehead atoms. The normalized spacial score (nSPS) is 9.43. The van der Waals surface area contributed by atoms with Crippen LogP contribution in [0.25, 0.3) is 0 Å². The van der Waals surface area contributed by atoms with E-state index in [-0.39, 0.29) is 28.2 Å². The van der Waals surface area contributed by atoms with Gasteiger partial charge in [0.25, 0.3) is 5.91 Å². The molecule has 6 nitrogen and oxygen atoms in total. The number of nitrogens with zero attached hydrogens (tertiary/aromatic N) is 2. The number of phenolic OH excluding ortho intramolecular Hbond substituents is 2. The van der Waals surface area contributed by atoms with Gasteiger partial charge in [0.1, 0.15) is 23.6 Å². The Kier molecular flexibility index (Phi) is 3.74. The van der Waals surface area contributed by atoms with Crippen molar-refractivity contribution in [1.29, 1.82) is 10.5 Å². The van der Waals surface area contributed by atoms with Crippen LogP contribution in [0.4, 0.5) is 5.69 Å². The second kappa shape index (κ2) is 5.64. The maximum absolute atomic E-state index is 12.0. The summed E-state index contributed by atoms with van der Waals surface area (Å²) in [4.78, 5) is 12.0. The average molecular weight is 279 g/mol. The molecule has 2 aromatic rings. The summed E-state index contributed by atoms with van der Waals surface area (Å²) in [5.41, 5.74) is 0.758. The lowest BCUT2D eigenvalue weighted by Crippen LogP contribution is -2.12. The SMILES string of the molecule is N#Cc1ccc(NC(=O)c2cc(O)cc(O)c2)cc1C#N. The van der Waals surface area contributed by atoms with Gasteiger partial charge in [-0.25, -0.2) is 0 Å². The molecular weight excluding hydrogens is 270 g/mol. The number of hydrogen-bond donors (Lipinski definition) is 3. The molecule has 2 aromatic carbocycles. The number of carbonyl (C=O) groups excluding carboxylic acids is 1. The summed E-state index contributed by atoms with van der Waals surface area (Å²) in [6.07, 6.45) is 0. The van der Waals surface area contributed by atoms with E-state index in [1.807, 2.05) is 12.1 Å². The highest BCUT2D eigenvalue weighted by Gasteiger charge is 2.10. The van der Waals surface area contributed by atoms with Crippen molar-refractivity contribution in [2.45, 2.75) is 0 Å². The lowest BCUT2D eigenvalue weighted by atomic mass is 10.1. The van der Waals surface area contributed by atoms with Gasteiger partial charge in [-0.15, -0.1) is 0 Å². The van der Waals surface area contributed by atoms with Crippen LogP contribution in [0.2, 0.25) is 0 Å². The Morgan fingerprint density at radius 3 is 2.14 bits per heavy atom. The van der Waals surface area contributed by atoms with Crippen LogP contribution in [0, 0.1) is 22.7 Å². The van der Waals surface area contributed by atoms with E-state index in [0.29, 0.717) is 5.69 Å². The molecule has 1 amide bonds. The molecule has 21 heavy (non-hydrogen) atoms. The minimum atomic E-state index is -0.560. The zero-order valence-corrected chi connectivity index (χ0v) is 10.7. The summed E-state index contributed by atoms with van der Waals surface area (Å²) in [5, 5.41) is 38.9. The summed E-state index contributed by atoms with van der Waals surface area (Å²) in [5.74, 6) is -1.04. The van der Waals surface area contributed by atoms with E-state index in [2.05, 4.69) is 5.32 Å². The third kappa shape index (κ3) is 3.09. The van der Waals surface area contributed by atoms with Crippen LogP contribution in [-0.2, 0) is 0 Å². The standard InChI is InChI=1S/C15H9N3O3/c16-7-9-1-2-12(3-11(9)8-17)18-15(21)10-4-13(19)6-14(20)5-10/h1-6,19-20H,(H,18,21). The Labute approximate surface area is 120 Å². The first-order chi connectivity index (χ1) is 10.0. The quantitative estimate of drug-likeness (QED) is 0.778. The number of anilines is 1. The van der Waals surface area contributed by atoms with Crippen LogP contribution in [-0.4, -0.2) is 16.1 Å². The molecule has 6 heteroatoms. The van der Waals surface area contributed by atoms with Gasteiger partial charge in [0, 0.05) is 17.3 Å². The fourth-order valence-corrected chi connectivity index (χ4v) is 1.74. The van der Waals surface area contributed by atoms with Crippen molar-refractivity contribution in [1.82, 2.24) is 0 Å². The van der Waals surface area contributed by atoms with Crippen molar-refractivity contribution in [3.8, 4) is 23.6 Å². The van der Waals surface area contributed by atoms with E-state index in [4.69, 9.17) is 10.5 Å². The molecule has 0 aromatic heterocycles. The number of carbonyl (C=O) groups is 1. The molecular formula is C15H9N3O3. The van der Waals surface area contributed by atoms with Crippen LogP contribution < -0.4 is 5.32 Å². The number of rotatable bonds is 2. The lowest BCUT2D eigenvalue weighted by Gasteiger charge is -2.07. The lowest BCUT2D eigenvalue weighted by molar-refractivity contribution is 0.102. The molecule has 102 valence electrons. The van der Waals surface area contributed by atoms with Gasteiger partial charge in [-0.3, -0.25) is 4.79 Å². The molecule has 0 saturated carbocycles. The van der Waals surface area contributed by atoms with Crippen LogP contribution in [0.5, 0.6) is 11.5 Å². The van der Waals surface area contributed by atoms with Gasteiger partial charge in [0.15, 0.2) is 0 Å². The van der Waals surface area contributed by atoms with E-state index >= 15 is 0 Å². The van der Waals surface area contributed by atoms with Crippen molar-refractivity contribution in [3.63, 3.8) is 0 Å². The summed E-state index contributed by atoms with van der Waals surface area (Å²) >= 11 is 0. The first-order valence-electron chi connectivity index (χ1n) is 5.82. The number of phenols is 2. The summed E-state index contributed by atoms with van der Waals surface area (Å²) in [7, 11) is 0. The first-order valence-corrected chi connectivity index (χ1v) is 5.82. The number of benzene rings is 2. The smallest absolute Gasteiger partial charge is 0.255 e. The Bertz CT molecular complexity index is 781. The predicted octanol–water partition coefficient (Wildman–Crippen LogP) is 2.09. The second-order valence-electron chi connectivity index (χ2n) is 4.18. The van der Waals surface area contributed by atoms with Crippen molar-refractivity contribution < 1.29 is 15.0 Å². The summed E-state index contributed by atoms with van der Waals surface area (Å²) < 4.78 is 0. The first kappa shape index (κ1) is 13.9. The molecule has 3 N–H and O–H groups in total. The fraction of sp³-hybridized carbons (Fsp3) is 0. The summed E-state index contributed by atoms with van der Waals surface area (Å²) in [6.45, 7) is 0. The molecule has 0 unspecified atom stereocenters. The second-order valence-corrected chi connectivity index (χ2v) is 4.18. The van der Waals surface area contributed by atoms with Gasteiger partial charge in [0.05, 0.1) is 11.1 Å².